The van der Waals surface area contributed by atoms with E-state index in [-0.39, 0.29) is 5.75 Å². The third-order valence-corrected chi connectivity index (χ3v) is 2.60. The molecule has 0 amide bonds. The lowest BCUT2D eigenvalue weighted by molar-refractivity contribution is -0.302. The van der Waals surface area contributed by atoms with Crippen molar-refractivity contribution >= 4 is 12.0 Å². The van der Waals surface area contributed by atoms with Gasteiger partial charge in [-0.25, -0.2) is 0 Å². The summed E-state index contributed by atoms with van der Waals surface area (Å²) in [5.41, 5.74) is -0.106. The van der Waals surface area contributed by atoms with Crippen LogP contribution in [0.1, 0.15) is 11.1 Å². The third-order valence-electron chi connectivity index (χ3n) is 2.60. The van der Waals surface area contributed by atoms with Crippen LogP contribution in [0, 0.1) is 6.92 Å². The van der Waals surface area contributed by atoms with Crippen LogP contribution in [0.15, 0.2) is 23.8 Å². The van der Waals surface area contributed by atoms with Crippen LogP contribution in [0.4, 0.5) is 13.2 Å². The maximum atomic E-state index is 12.7. The molecule has 3 nitrogen and oxygen atoms in total. The number of benzene rings is 1. The second-order valence-electron chi connectivity index (χ2n) is 3.92. The Labute approximate surface area is 100 Å². The van der Waals surface area contributed by atoms with E-state index < -0.39 is 23.8 Å². The first-order chi connectivity index (χ1) is 8.30. The lowest BCUT2D eigenvalue weighted by atomic mass is 9.99. The van der Waals surface area contributed by atoms with Gasteiger partial charge in [0.15, 0.2) is 0 Å². The van der Waals surface area contributed by atoms with E-state index in [1.807, 2.05) is 0 Å². The number of halogens is 3. The molecule has 0 saturated heterocycles. The van der Waals surface area contributed by atoms with Crippen molar-refractivity contribution in [3.8, 4) is 5.75 Å². The van der Waals surface area contributed by atoms with Crippen LogP contribution in [-0.2, 0) is 4.79 Å². The zero-order valence-electron chi connectivity index (χ0n) is 9.25. The van der Waals surface area contributed by atoms with Gasteiger partial charge in [-0.2, -0.15) is 13.2 Å². The van der Waals surface area contributed by atoms with Gasteiger partial charge in [0, 0.05) is 11.1 Å². The van der Waals surface area contributed by atoms with Crippen molar-refractivity contribution in [2.24, 2.45) is 0 Å². The number of alkyl halides is 3. The predicted molar refractivity (Wildman–Crippen MR) is 54.6 cm³/mol. The molecule has 1 aromatic carbocycles. The minimum atomic E-state index is -4.80. The van der Waals surface area contributed by atoms with Crippen LogP contribution in [0.5, 0.6) is 5.75 Å². The first-order valence-corrected chi connectivity index (χ1v) is 5.06. The highest BCUT2D eigenvalue weighted by atomic mass is 19.4. The van der Waals surface area contributed by atoms with Gasteiger partial charge in [-0.3, -0.25) is 0 Å². The number of rotatable bonds is 1. The summed E-state index contributed by atoms with van der Waals surface area (Å²) in [5.74, 6) is -1.84. The maximum Gasteiger partial charge on any atom is 0.429 e. The molecule has 0 radical (unpaired) electrons. The highest BCUT2D eigenvalue weighted by molar-refractivity contribution is 5.93. The van der Waals surface area contributed by atoms with Crippen LogP contribution < -0.4 is 9.84 Å². The molecule has 1 unspecified atom stereocenters. The Morgan fingerprint density at radius 2 is 2.06 bits per heavy atom. The second kappa shape index (κ2) is 4.04. The average molecular weight is 257 g/mol. The Balaban J connectivity index is 2.57. The van der Waals surface area contributed by atoms with Crippen LogP contribution in [-0.4, -0.2) is 18.2 Å². The molecule has 0 saturated carbocycles. The van der Waals surface area contributed by atoms with Gasteiger partial charge in [0.1, 0.15) is 5.75 Å². The summed E-state index contributed by atoms with van der Waals surface area (Å²) in [7, 11) is 0. The van der Waals surface area contributed by atoms with Gasteiger partial charge in [-0.05, 0) is 18.6 Å². The summed E-state index contributed by atoms with van der Waals surface area (Å²) in [6.45, 7) is 1.59. The first kappa shape index (κ1) is 12.5. The molecule has 1 heterocycles. The van der Waals surface area contributed by atoms with Crippen LogP contribution >= 0.6 is 0 Å². The number of hydrogen-bond donors (Lipinski definition) is 0. The molecule has 0 aromatic heterocycles. The summed E-state index contributed by atoms with van der Waals surface area (Å²) >= 11 is 0. The topological polar surface area (TPSA) is 49.4 Å². The van der Waals surface area contributed by atoms with E-state index in [0.29, 0.717) is 11.1 Å². The number of fused-ring (bicyclic) bond motifs is 1. The molecule has 0 spiro atoms. The summed E-state index contributed by atoms with van der Waals surface area (Å²) < 4.78 is 42.9. The largest absolute Gasteiger partial charge is 0.545 e. The van der Waals surface area contributed by atoms with Crippen LogP contribution in [0.2, 0.25) is 0 Å². The number of ether oxygens (including phenoxy) is 1. The normalized spacial score (nSPS) is 18.7. The molecule has 18 heavy (non-hydrogen) atoms. The van der Waals surface area contributed by atoms with Crippen LogP contribution in [0.25, 0.3) is 6.08 Å². The molecule has 1 atom stereocenters. The van der Waals surface area contributed by atoms with Crippen molar-refractivity contribution in [2.45, 2.75) is 19.2 Å². The van der Waals surface area contributed by atoms with E-state index in [4.69, 9.17) is 4.74 Å². The number of carbonyl (C=O) groups is 1. The quantitative estimate of drug-likeness (QED) is 0.765. The second-order valence-corrected chi connectivity index (χ2v) is 3.92. The Bertz CT molecular complexity index is 532. The summed E-state index contributed by atoms with van der Waals surface area (Å²) in [6.07, 6.45) is -6.35. The molecule has 2 rings (SSSR count). The Kier molecular flexibility index (Phi) is 2.80. The van der Waals surface area contributed by atoms with Crippen molar-refractivity contribution in [3.05, 3.63) is 34.9 Å². The summed E-state index contributed by atoms with van der Waals surface area (Å²) in [6, 6.07) is 4.68. The number of hydrogen-bond acceptors (Lipinski definition) is 3. The fourth-order valence-corrected chi connectivity index (χ4v) is 1.78. The smallest absolute Gasteiger partial charge is 0.429 e. The molecule has 0 bridgehead atoms. The molecule has 96 valence electrons. The molecule has 0 fully saturated rings. The number of aryl methyl sites for hydroxylation is 1. The number of carbonyl (C=O) groups excluding carboxylic acids is 1. The van der Waals surface area contributed by atoms with E-state index in [2.05, 4.69) is 0 Å². The molecule has 6 heteroatoms. The van der Waals surface area contributed by atoms with E-state index in [9.17, 15) is 23.1 Å². The van der Waals surface area contributed by atoms with Crippen molar-refractivity contribution in [1.82, 2.24) is 0 Å². The van der Waals surface area contributed by atoms with Crippen molar-refractivity contribution in [2.75, 3.05) is 0 Å². The number of para-hydroxylation sites is 1. The van der Waals surface area contributed by atoms with Gasteiger partial charge in [0.25, 0.3) is 0 Å². The maximum absolute atomic E-state index is 12.7. The average Bonchev–Trinajstić information content (AvgIpc) is 2.26. The zero-order chi connectivity index (χ0) is 13.5. The van der Waals surface area contributed by atoms with Gasteiger partial charge in [-0.1, -0.05) is 18.2 Å². The predicted octanol–water partition coefficient (Wildman–Crippen LogP) is 1.45. The van der Waals surface area contributed by atoms with Gasteiger partial charge in [0.2, 0.25) is 6.10 Å². The van der Waals surface area contributed by atoms with E-state index in [0.717, 1.165) is 6.08 Å². The lowest BCUT2D eigenvalue weighted by Crippen LogP contribution is -2.44. The molecular weight excluding hydrogens is 249 g/mol. The number of carboxylic acid groups (broad SMARTS) is 1. The third kappa shape index (κ3) is 2.05. The van der Waals surface area contributed by atoms with E-state index in [1.54, 1.807) is 19.1 Å². The lowest BCUT2D eigenvalue weighted by Gasteiger charge is -2.30. The minimum Gasteiger partial charge on any atom is -0.545 e. The monoisotopic (exact) mass is 257 g/mol. The van der Waals surface area contributed by atoms with Gasteiger partial charge in [0.05, 0.1) is 5.97 Å². The van der Waals surface area contributed by atoms with Gasteiger partial charge >= 0.3 is 6.18 Å². The number of aliphatic carboxylic acids is 1. The van der Waals surface area contributed by atoms with E-state index in [1.165, 1.54) is 6.07 Å². The molecule has 0 N–H and O–H groups in total. The summed E-state index contributed by atoms with van der Waals surface area (Å²) in [4.78, 5) is 10.7. The van der Waals surface area contributed by atoms with Crippen molar-refractivity contribution in [3.63, 3.8) is 0 Å². The Hall–Kier alpha value is -1.98. The molecule has 0 aliphatic carbocycles. The molecule has 1 aliphatic rings. The SMILES string of the molecule is Cc1cccc2c1OC(C(F)(F)F)C(C(=O)[O-])=C2. The van der Waals surface area contributed by atoms with E-state index >= 15 is 0 Å². The highest BCUT2D eigenvalue weighted by Gasteiger charge is 2.46. The number of carboxylic acids is 1. The first-order valence-electron chi connectivity index (χ1n) is 5.06. The van der Waals surface area contributed by atoms with Gasteiger partial charge < -0.3 is 14.6 Å². The Morgan fingerprint density at radius 1 is 1.39 bits per heavy atom. The van der Waals surface area contributed by atoms with Crippen molar-refractivity contribution < 1.29 is 27.8 Å². The molecule has 1 aromatic rings. The molecule has 1 aliphatic heterocycles. The summed E-state index contributed by atoms with van der Waals surface area (Å²) in [5, 5.41) is 10.7. The van der Waals surface area contributed by atoms with Crippen LogP contribution in [0.3, 0.4) is 0 Å². The fourth-order valence-electron chi connectivity index (χ4n) is 1.78. The molecular formula is C12H8F3O3-. The standard InChI is InChI=1S/C12H9F3O3/c1-6-3-2-4-7-5-8(11(16)17)10(12(13,14)15)18-9(6)7/h2-5,10H,1H3,(H,16,17)/p-1. The minimum absolute atomic E-state index is 0.0461. The zero-order valence-corrected chi connectivity index (χ0v) is 9.25. The Morgan fingerprint density at radius 3 is 2.61 bits per heavy atom. The highest BCUT2D eigenvalue weighted by Crippen LogP contribution is 2.38. The van der Waals surface area contributed by atoms with Crippen molar-refractivity contribution in [1.29, 1.82) is 0 Å². The fraction of sp³-hybridized carbons (Fsp3) is 0.250. The van der Waals surface area contributed by atoms with Gasteiger partial charge in [-0.15, -0.1) is 0 Å².